The average Bonchev–Trinajstić information content (AvgIpc) is 3.28. The Labute approximate surface area is 390 Å². The van der Waals surface area contributed by atoms with E-state index in [9.17, 15) is 14.4 Å². The van der Waals surface area contributed by atoms with Crippen molar-refractivity contribution in [1.29, 1.82) is 0 Å². The van der Waals surface area contributed by atoms with Gasteiger partial charge in [0, 0.05) is 19.3 Å². The Hall–Kier alpha value is -2.89. The molecule has 0 amide bonds. The lowest BCUT2D eigenvalue weighted by molar-refractivity contribution is -0.167. The van der Waals surface area contributed by atoms with Crippen LogP contribution in [0.5, 0.6) is 0 Å². The third kappa shape index (κ3) is 50.0. The van der Waals surface area contributed by atoms with E-state index in [1.807, 2.05) is 0 Å². The van der Waals surface area contributed by atoms with Gasteiger partial charge < -0.3 is 14.2 Å². The lowest BCUT2D eigenvalue weighted by atomic mass is 10.0. The molecule has 0 saturated heterocycles. The van der Waals surface area contributed by atoms with Crippen molar-refractivity contribution in [1.82, 2.24) is 0 Å². The van der Waals surface area contributed by atoms with Crippen LogP contribution in [0.4, 0.5) is 0 Å². The highest BCUT2D eigenvalue weighted by atomic mass is 16.6. The maximum atomic E-state index is 12.8. The summed E-state index contributed by atoms with van der Waals surface area (Å²) >= 11 is 0. The highest BCUT2D eigenvalue weighted by Crippen LogP contribution is 2.15. The summed E-state index contributed by atoms with van der Waals surface area (Å²) in [7, 11) is 0. The molecule has 0 aromatic heterocycles. The Morgan fingerprint density at radius 2 is 0.635 bits per heavy atom. The van der Waals surface area contributed by atoms with Crippen LogP contribution in [0.15, 0.2) is 60.8 Å². The SMILES string of the molecule is CC/C=C/C/C=C/C/C=C/CCCCCCCC(=O)O[C@H](COC(=O)CCCCCCC/C=C/C/C=C/CCCC)COC(=O)CCCCCCCCCCCCCCCCCC. The number of unbranched alkanes of at least 4 members (excludes halogenated alkanes) is 27. The number of esters is 3. The molecule has 0 radical (unpaired) electrons. The Morgan fingerprint density at radius 3 is 1.02 bits per heavy atom. The van der Waals surface area contributed by atoms with Crippen molar-refractivity contribution in [3.8, 4) is 0 Å². The Morgan fingerprint density at radius 1 is 0.333 bits per heavy atom. The maximum Gasteiger partial charge on any atom is 0.306 e. The topological polar surface area (TPSA) is 78.9 Å². The van der Waals surface area contributed by atoms with Crippen LogP contribution in [0.1, 0.15) is 265 Å². The van der Waals surface area contributed by atoms with Gasteiger partial charge in [-0.3, -0.25) is 14.4 Å². The zero-order valence-electron chi connectivity index (χ0n) is 41.6. The van der Waals surface area contributed by atoms with Crippen LogP contribution in [0.2, 0.25) is 0 Å². The minimum absolute atomic E-state index is 0.0838. The zero-order chi connectivity index (χ0) is 45.8. The van der Waals surface area contributed by atoms with E-state index in [0.717, 1.165) is 116 Å². The molecule has 0 spiro atoms. The molecule has 0 saturated carbocycles. The van der Waals surface area contributed by atoms with Crippen LogP contribution < -0.4 is 0 Å². The minimum Gasteiger partial charge on any atom is -0.462 e. The monoisotopic (exact) mass is 881 g/mol. The molecule has 0 bridgehead atoms. The summed E-state index contributed by atoms with van der Waals surface area (Å²) in [6.45, 7) is 6.48. The van der Waals surface area contributed by atoms with Crippen molar-refractivity contribution in [3.05, 3.63) is 60.8 Å². The van der Waals surface area contributed by atoms with Crippen molar-refractivity contribution in [2.24, 2.45) is 0 Å². The highest BCUT2D eigenvalue weighted by molar-refractivity contribution is 5.71. The van der Waals surface area contributed by atoms with Crippen LogP contribution in [0.25, 0.3) is 0 Å². The summed E-state index contributed by atoms with van der Waals surface area (Å²) in [4.78, 5) is 38.0. The third-order valence-corrected chi connectivity index (χ3v) is 11.5. The summed E-state index contributed by atoms with van der Waals surface area (Å²) in [5.74, 6) is -0.908. The van der Waals surface area contributed by atoms with Crippen LogP contribution >= 0.6 is 0 Å². The molecule has 364 valence electrons. The fourth-order valence-electron chi connectivity index (χ4n) is 7.47. The first kappa shape index (κ1) is 60.1. The van der Waals surface area contributed by atoms with E-state index in [0.29, 0.717) is 19.3 Å². The van der Waals surface area contributed by atoms with Crippen molar-refractivity contribution < 1.29 is 28.6 Å². The maximum absolute atomic E-state index is 12.8. The van der Waals surface area contributed by atoms with Crippen LogP contribution in [-0.2, 0) is 28.6 Å². The van der Waals surface area contributed by atoms with E-state index in [-0.39, 0.29) is 31.1 Å². The van der Waals surface area contributed by atoms with E-state index in [1.165, 1.54) is 109 Å². The van der Waals surface area contributed by atoms with Crippen LogP contribution in [0, 0.1) is 0 Å². The Balaban J connectivity index is 4.40. The van der Waals surface area contributed by atoms with Gasteiger partial charge in [-0.05, 0) is 77.0 Å². The normalized spacial score (nSPS) is 12.5. The molecule has 0 rings (SSSR count). The highest BCUT2D eigenvalue weighted by Gasteiger charge is 2.19. The predicted molar refractivity (Wildman–Crippen MR) is 270 cm³/mol. The molecular formula is C57H100O6. The van der Waals surface area contributed by atoms with Gasteiger partial charge in [0.25, 0.3) is 0 Å². The second-order valence-electron chi connectivity index (χ2n) is 17.8. The number of carbonyl (C=O) groups excluding carboxylic acids is 3. The smallest absolute Gasteiger partial charge is 0.306 e. The molecule has 1 atom stereocenters. The van der Waals surface area contributed by atoms with E-state index in [2.05, 4.69) is 81.5 Å². The van der Waals surface area contributed by atoms with Crippen molar-refractivity contribution in [2.75, 3.05) is 13.2 Å². The fraction of sp³-hybridized carbons (Fsp3) is 0.772. The van der Waals surface area contributed by atoms with Gasteiger partial charge in [0.05, 0.1) is 0 Å². The van der Waals surface area contributed by atoms with Crippen molar-refractivity contribution in [2.45, 2.75) is 271 Å². The third-order valence-electron chi connectivity index (χ3n) is 11.5. The lowest BCUT2D eigenvalue weighted by Gasteiger charge is -2.18. The van der Waals surface area contributed by atoms with Crippen LogP contribution in [-0.4, -0.2) is 37.2 Å². The number of allylic oxidation sites excluding steroid dienone is 10. The van der Waals surface area contributed by atoms with Gasteiger partial charge in [0.2, 0.25) is 0 Å². The van der Waals surface area contributed by atoms with Gasteiger partial charge in [-0.15, -0.1) is 0 Å². The summed E-state index contributed by atoms with van der Waals surface area (Å²) in [5, 5.41) is 0. The number of hydrogen-bond acceptors (Lipinski definition) is 6. The summed E-state index contributed by atoms with van der Waals surface area (Å²) in [6.07, 6.45) is 63.4. The first-order valence-corrected chi connectivity index (χ1v) is 26.8. The van der Waals surface area contributed by atoms with Gasteiger partial charge in [0.15, 0.2) is 6.10 Å². The van der Waals surface area contributed by atoms with Crippen molar-refractivity contribution in [3.63, 3.8) is 0 Å². The lowest BCUT2D eigenvalue weighted by Crippen LogP contribution is -2.30. The van der Waals surface area contributed by atoms with Gasteiger partial charge in [0.1, 0.15) is 13.2 Å². The molecule has 0 aromatic rings. The summed E-state index contributed by atoms with van der Waals surface area (Å²) < 4.78 is 16.8. The number of ether oxygens (including phenoxy) is 3. The van der Waals surface area contributed by atoms with E-state index in [4.69, 9.17) is 14.2 Å². The molecular weight excluding hydrogens is 781 g/mol. The molecule has 0 aliphatic rings. The van der Waals surface area contributed by atoms with E-state index >= 15 is 0 Å². The molecule has 0 aliphatic carbocycles. The Kier molecular flexibility index (Phi) is 49.4. The molecule has 0 N–H and O–H groups in total. The zero-order valence-corrected chi connectivity index (χ0v) is 41.6. The summed E-state index contributed by atoms with van der Waals surface area (Å²) in [6, 6.07) is 0. The molecule has 0 fully saturated rings. The average molecular weight is 881 g/mol. The first-order chi connectivity index (χ1) is 31.0. The number of rotatable bonds is 48. The molecule has 0 heterocycles. The van der Waals surface area contributed by atoms with E-state index < -0.39 is 6.10 Å². The van der Waals surface area contributed by atoms with Gasteiger partial charge in [-0.2, -0.15) is 0 Å². The minimum atomic E-state index is -0.787. The largest absolute Gasteiger partial charge is 0.462 e. The first-order valence-electron chi connectivity index (χ1n) is 26.8. The second kappa shape index (κ2) is 51.7. The molecule has 0 unspecified atom stereocenters. The van der Waals surface area contributed by atoms with Gasteiger partial charge in [-0.25, -0.2) is 0 Å². The molecule has 0 aliphatic heterocycles. The fourth-order valence-corrected chi connectivity index (χ4v) is 7.47. The molecule has 63 heavy (non-hydrogen) atoms. The quantitative estimate of drug-likeness (QED) is 0.0262. The number of hydrogen-bond donors (Lipinski definition) is 0. The second-order valence-corrected chi connectivity index (χ2v) is 17.8. The predicted octanol–water partition coefficient (Wildman–Crippen LogP) is 17.6. The van der Waals surface area contributed by atoms with Crippen molar-refractivity contribution >= 4 is 17.9 Å². The molecule has 6 heteroatoms. The Bertz CT molecular complexity index is 1150. The molecule has 0 aromatic carbocycles. The number of carbonyl (C=O) groups is 3. The molecule has 6 nitrogen and oxygen atoms in total. The van der Waals surface area contributed by atoms with E-state index in [1.54, 1.807) is 0 Å². The van der Waals surface area contributed by atoms with Gasteiger partial charge in [-0.1, -0.05) is 229 Å². The van der Waals surface area contributed by atoms with Gasteiger partial charge >= 0.3 is 17.9 Å². The van der Waals surface area contributed by atoms with Crippen LogP contribution in [0.3, 0.4) is 0 Å². The standard InChI is InChI=1S/C57H100O6/c1-4-7-10-13-16-19-22-25-28-30-32-35-38-41-44-47-50-56(59)62-53-54(52-61-55(58)49-46-43-40-37-34-31-27-24-21-18-15-12-9-6-3)63-57(60)51-48-45-42-39-36-33-29-26-23-20-17-14-11-8-5-2/h8,11,15,17-18,20,24,26-27,29,54H,4-7,9-10,12-14,16,19,21-23,25,28,30-53H2,1-3H3/b11-8+,18-15+,20-17+,27-24+,29-26+/t54-/m1/s1. The summed E-state index contributed by atoms with van der Waals surface area (Å²) in [5.41, 5.74) is 0.